The summed E-state index contributed by atoms with van der Waals surface area (Å²) in [5.41, 5.74) is 1.01. The van der Waals surface area contributed by atoms with E-state index in [2.05, 4.69) is 0 Å². The first-order chi connectivity index (χ1) is 14.4. The first-order valence-electron chi connectivity index (χ1n) is 9.02. The van der Waals surface area contributed by atoms with Crippen molar-refractivity contribution in [3.8, 4) is 17.2 Å². The summed E-state index contributed by atoms with van der Waals surface area (Å²) in [4.78, 5) is 0.0974. The fourth-order valence-electron chi connectivity index (χ4n) is 2.93. The van der Waals surface area contributed by atoms with Crippen LogP contribution in [0.2, 0.25) is 0 Å². The number of hydrogen-bond donors (Lipinski definition) is 0. The molecular formula is C22H22FNO5S. The van der Waals surface area contributed by atoms with Gasteiger partial charge in [-0.1, -0.05) is 12.1 Å². The Morgan fingerprint density at radius 2 is 1.43 bits per heavy atom. The van der Waals surface area contributed by atoms with Gasteiger partial charge in [-0.15, -0.1) is 0 Å². The molecule has 30 heavy (non-hydrogen) atoms. The van der Waals surface area contributed by atoms with Crippen molar-refractivity contribution in [2.45, 2.75) is 11.4 Å². The summed E-state index contributed by atoms with van der Waals surface area (Å²) in [7, 11) is 0.542. The van der Waals surface area contributed by atoms with E-state index in [4.69, 9.17) is 14.2 Å². The van der Waals surface area contributed by atoms with E-state index in [-0.39, 0.29) is 11.4 Å². The minimum atomic E-state index is -3.94. The Bertz CT molecular complexity index is 1100. The predicted octanol–water partition coefficient (Wildman–Crippen LogP) is 4.25. The third-order valence-corrected chi connectivity index (χ3v) is 6.33. The largest absolute Gasteiger partial charge is 0.497 e. The Kier molecular flexibility index (Phi) is 6.47. The second-order valence-corrected chi connectivity index (χ2v) is 8.22. The normalized spacial score (nSPS) is 11.1. The van der Waals surface area contributed by atoms with Crippen molar-refractivity contribution in [3.63, 3.8) is 0 Å². The van der Waals surface area contributed by atoms with Crippen LogP contribution in [0.4, 0.5) is 10.1 Å². The summed E-state index contributed by atoms with van der Waals surface area (Å²) in [5.74, 6) is 1.02. The quantitative estimate of drug-likeness (QED) is 0.534. The molecule has 0 radical (unpaired) electrons. The molecule has 0 unspecified atom stereocenters. The number of rotatable bonds is 8. The molecule has 0 N–H and O–H groups in total. The van der Waals surface area contributed by atoms with E-state index in [1.165, 1.54) is 49.9 Å². The topological polar surface area (TPSA) is 65.1 Å². The highest BCUT2D eigenvalue weighted by Gasteiger charge is 2.26. The second-order valence-electron chi connectivity index (χ2n) is 6.35. The highest BCUT2D eigenvalue weighted by atomic mass is 32.2. The van der Waals surface area contributed by atoms with Crippen molar-refractivity contribution < 1.29 is 27.0 Å². The van der Waals surface area contributed by atoms with Gasteiger partial charge in [0, 0.05) is 6.07 Å². The summed E-state index contributed by atoms with van der Waals surface area (Å²) in [6.07, 6.45) is 0. The van der Waals surface area contributed by atoms with Crippen LogP contribution < -0.4 is 18.5 Å². The Labute approximate surface area is 175 Å². The highest BCUT2D eigenvalue weighted by Crippen LogP contribution is 2.35. The van der Waals surface area contributed by atoms with Crippen LogP contribution >= 0.6 is 0 Å². The van der Waals surface area contributed by atoms with Gasteiger partial charge in [0.2, 0.25) is 0 Å². The fraction of sp³-hybridized carbons (Fsp3) is 0.182. The van der Waals surface area contributed by atoms with Crippen LogP contribution in [0.15, 0.2) is 71.6 Å². The van der Waals surface area contributed by atoms with Crippen LogP contribution in [-0.4, -0.2) is 29.7 Å². The van der Waals surface area contributed by atoms with Crippen molar-refractivity contribution in [1.29, 1.82) is 0 Å². The Morgan fingerprint density at radius 1 is 0.800 bits per heavy atom. The number of sulfonamides is 1. The van der Waals surface area contributed by atoms with Gasteiger partial charge in [0.25, 0.3) is 10.0 Å². The molecular weight excluding hydrogens is 409 g/mol. The minimum Gasteiger partial charge on any atom is -0.497 e. The van der Waals surface area contributed by atoms with E-state index in [0.29, 0.717) is 28.5 Å². The Hall–Kier alpha value is -3.26. The Balaban J connectivity index is 2.09. The molecule has 0 bridgehead atoms. The van der Waals surface area contributed by atoms with Gasteiger partial charge in [-0.25, -0.2) is 12.8 Å². The maximum absolute atomic E-state index is 13.5. The van der Waals surface area contributed by atoms with E-state index in [1.807, 2.05) is 0 Å². The minimum absolute atomic E-state index is 0.00409. The summed E-state index contributed by atoms with van der Waals surface area (Å²) >= 11 is 0. The monoisotopic (exact) mass is 431 g/mol. The van der Waals surface area contributed by atoms with E-state index >= 15 is 0 Å². The maximum atomic E-state index is 13.5. The molecule has 0 fully saturated rings. The molecule has 0 aliphatic rings. The van der Waals surface area contributed by atoms with Gasteiger partial charge in [0.05, 0.1) is 38.5 Å². The molecule has 0 amide bonds. The fourth-order valence-corrected chi connectivity index (χ4v) is 4.37. The van der Waals surface area contributed by atoms with Gasteiger partial charge in [-0.05, 0) is 54.1 Å². The average molecular weight is 431 g/mol. The number of halogens is 1. The number of benzene rings is 3. The highest BCUT2D eigenvalue weighted by molar-refractivity contribution is 7.92. The summed E-state index contributed by atoms with van der Waals surface area (Å²) in [5, 5.41) is 0. The molecule has 0 aliphatic carbocycles. The zero-order valence-corrected chi connectivity index (χ0v) is 17.6. The number of anilines is 1. The van der Waals surface area contributed by atoms with Crippen LogP contribution in [0.3, 0.4) is 0 Å². The zero-order valence-electron chi connectivity index (χ0n) is 16.8. The second kappa shape index (κ2) is 9.04. The number of ether oxygens (including phenoxy) is 3. The van der Waals surface area contributed by atoms with E-state index in [0.717, 1.165) is 0 Å². The molecule has 3 aromatic rings. The molecule has 0 heterocycles. The summed E-state index contributed by atoms with van der Waals surface area (Å²) < 4.78 is 57.3. The molecule has 0 saturated heterocycles. The number of nitrogens with zero attached hydrogens (tertiary/aromatic N) is 1. The standard InChI is InChI=1S/C22H22FNO5S/c1-27-19-9-11-20(12-10-19)30(25,26)24(15-16-4-6-17(23)7-5-16)18-8-13-21(28-2)22(14-18)29-3/h4-14H,15H2,1-3H3. The molecule has 158 valence electrons. The predicted molar refractivity (Wildman–Crippen MR) is 112 cm³/mol. The first kappa shape index (κ1) is 21.4. The molecule has 3 aromatic carbocycles. The lowest BCUT2D eigenvalue weighted by Gasteiger charge is -2.25. The van der Waals surface area contributed by atoms with Gasteiger partial charge in [0.1, 0.15) is 11.6 Å². The van der Waals surface area contributed by atoms with Crippen LogP contribution in [0.25, 0.3) is 0 Å². The van der Waals surface area contributed by atoms with E-state index < -0.39 is 15.8 Å². The number of hydrogen-bond acceptors (Lipinski definition) is 5. The van der Waals surface area contributed by atoms with Gasteiger partial charge in [0.15, 0.2) is 11.5 Å². The van der Waals surface area contributed by atoms with E-state index in [9.17, 15) is 12.8 Å². The van der Waals surface area contributed by atoms with Gasteiger partial charge < -0.3 is 14.2 Å². The van der Waals surface area contributed by atoms with Crippen molar-refractivity contribution in [1.82, 2.24) is 0 Å². The molecule has 8 heteroatoms. The first-order valence-corrected chi connectivity index (χ1v) is 10.5. The number of methoxy groups -OCH3 is 3. The molecule has 6 nitrogen and oxygen atoms in total. The van der Waals surface area contributed by atoms with E-state index in [1.54, 1.807) is 42.5 Å². The maximum Gasteiger partial charge on any atom is 0.264 e. The van der Waals surface area contributed by atoms with Crippen LogP contribution in [0.5, 0.6) is 17.2 Å². The van der Waals surface area contributed by atoms with Crippen molar-refractivity contribution in [2.75, 3.05) is 25.6 Å². The van der Waals surface area contributed by atoms with Crippen molar-refractivity contribution >= 4 is 15.7 Å². The molecule has 0 saturated carbocycles. The lowest BCUT2D eigenvalue weighted by atomic mass is 10.2. The van der Waals surface area contributed by atoms with Crippen molar-refractivity contribution in [3.05, 3.63) is 78.1 Å². The van der Waals surface area contributed by atoms with Crippen molar-refractivity contribution in [2.24, 2.45) is 0 Å². The van der Waals surface area contributed by atoms with Gasteiger partial charge in [-0.2, -0.15) is 0 Å². The third kappa shape index (κ3) is 4.49. The summed E-state index contributed by atoms with van der Waals surface area (Å²) in [6.45, 7) is 0.00409. The van der Waals surface area contributed by atoms with Gasteiger partial charge >= 0.3 is 0 Å². The molecule has 3 rings (SSSR count). The van der Waals surface area contributed by atoms with Crippen LogP contribution in [-0.2, 0) is 16.6 Å². The molecule has 0 spiro atoms. The SMILES string of the molecule is COc1ccc(S(=O)(=O)N(Cc2ccc(F)cc2)c2ccc(OC)c(OC)c2)cc1. The zero-order chi connectivity index (χ0) is 21.7. The summed E-state index contributed by atoms with van der Waals surface area (Å²) in [6, 6.07) is 16.7. The molecule has 0 aliphatic heterocycles. The lowest BCUT2D eigenvalue weighted by Crippen LogP contribution is -2.30. The Morgan fingerprint density at radius 3 is 2.00 bits per heavy atom. The van der Waals surface area contributed by atoms with Crippen LogP contribution in [0.1, 0.15) is 5.56 Å². The average Bonchev–Trinajstić information content (AvgIpc) is 2.78. The third-order valence-electron chi connectivity index (χ3n) is 4.54. The van der Waals surface area contributed by atoms with Gasteiger partial charge in [-0.3, -0.25) is 4.31 Å². The smallest absolute Gasteiger partial charge is 0.264 e. The van der Waals surface area contributed by atoms with Crippen LogP contribution in [0, 0.1) is 5.82 Å². The molecule has 0 aromatic heterocycles. The molecule has 0 atom stereocenters. The lowest BCUT2D eigenvalue weighted by molar-refractivity contribution is 0.355.